The highest BCUT2D eigenvalue weighted by Gasteiger charge is 2.23. The van der Waals surface area contributed by atoms with Gasteiger partial charge in [0.15, 0.2) is 0 Å². The molecule has 0 radical (unpaired) electrons. The van der Waals surface area contributed by atoms with Gasteiger partial charge in [0.25, 0.3) is 0 Å². The Labute approximate surface area is 139 Å². The molecule has 0 saturated heterocycles. The van der Waals surface area contributed by atoms with E-state index in [1.807, 2.05) is 25.3 Å². The van der Waals surface area contributed by atoms with Crippen molar-refractivity contribution < 1.29 is 4.79 Å². The third-order valence-electron chi connectivity index (χ3n) is 4.41. The molecule has 2 amide bonds. The Morgan fingerprint density at radius 1 is 1.35 bits per heavy atom. The molecule has 0 spiro atoms. The molecule has 1 atom stereocenters. The lowest BCUT2D eigenvalue weighted by Gasteiger charge is -2.16. The smallest absolute Gasteiger partial charge is 0.316 e. The Kier molecular flexibility index (Phi) is 5.97. The van der Waals surface area contributed by atoms with E-state index < -0.39 is 0 Å². The van der Waals surface area contributed by atoms with E-state index >= 15 is 0 Å². The van der Waals surface area contributed by atoms with Crippen molar-refractivity contribution in [1.29, 1.82) is 0 Å². The number of fused-ring (bicyclic) bond motifs is 1. The van der Waals surface area contributed by atoms with Crippen molar-refractivity contribution in [3.63, 3.8) is 0 Å². The molecule has 1 aliphatic heterocycles. The zero-order valence-corrected chi connectivity index (χ0v) is 14.6. The average Bonchev–Trinajstić information content (AvgIpc) is 2.97. The number of carbonyl (C=O) groups is 1. The Morgan fingerprint density at radius 3 is 2.78 bits per heavy atom. The number of rotatable bonds is 5. The minimum Gasteiger partial charge on any atom is -0.316 e. The molecule has 4 heteroatoms. The number of nitrogens with zero attached hydrogens (tertiary/aromatic N) is 2. The molecule has 1 N–H and O–H groups in total. The number of carbonyl (C=O) groups excluding carboxylic acids is 1. The molecule has 0 saturated carbocycles. The molecule has 2 rings (SSSR count). The first-order valence-corrected chi connectivity index (χ1v) is 8.34. The summed E-state index contributed by atoms with van der Waals surface area (Å²) >= 11 is 0. The largest absolute Gasteiger partial charge is 0.322 e. The van der Waals surface area contributed by atoms with Crippen LogP contribution in [0.25, 0.3) is 0 Å². The number of aromatic nitrogens is 1. The summed E-state index contributed by atoms with van der Waals surface area (Å²) in [6.07, 6.45) is 10.1. The summed E-state index contributed by atoms with van der Waals surface area (Å²) in [5, 5.41) is 2.97. The van der Waals surface area contributed by atoms with Gasteiger partial charge in [-0.1, -0.05) is 31.9 Å². The highest BCUT2D eigenvalue weighted by molar-refractivity contribution is 5.76. The highest BCUT2D eigenvalue weighted by Crippen LogP contribution is 2.21. The Balaban J connectivity index is 1.91. The van der Waals surface area contributed by atoms with E-state index in [0.717, 1.165) is 11.3 Å². The van der Waals surface area contributed by atoms with Crippen molar-refractivity contribution in [3.8, 4) is 0 Å². The third-order valence-corrected chi connectivity index (χ3v) is 4.41. The fourth-order valence-corrected chi connectivity index (χ4v) is 2.73. The lowest BCUT2D eigenvalue weighted by Crippen LogP contribution is -2.35. The van der Waals surface area contributed by atoms with Crippen LogP contribution in [0, 0.1) is 5.92 Å². The summed E-state index contributed by atoms with van der Waals surface area (Å²) in [5.74, 6) is 0.584. The van der Waals surface area contributed by atoms with Gasteiger partial charge in [0.1, 0.15) is 0 Å². The van der Waals surface area contributed by atoms with E-state index in [2.05, 4.69) is 37.1 Å². The molecule has 2 heterocycles. The summed E-state index contributed by atoms with van der Waals surface area (Å²) < 4.78 is 0. The number of pyridine rings is 1. The van der Waals surface area contributed by atoms with E-state index in [-0.39, 0.29) is 6.03 Å². The summed E-state index contributed by atoms with van der Waals surface area (Å²) in [5.41, 5.74) is 4.53. The Hall–Kier alpha value is -2.10. The van der Waals surface area contributed by atoms with E-state index in [0.29, 0.717) is 19.0 Å². The molecule has 0 aromatic carbocycles. The zero-order valence-electron chi connectivity index (χ0n) is 14.6. The predicted octanol–water partition coefficient (Wildman–Crippen LogP) is 4.39. The first kappa shape index (κ1) is 17.3. The second-order valence-corrected chi connectivity index (χ2v) is 6.38. The minimum absolute atomic E-state index is 0.0531. The number of allylic oxidation sites excluding steroid dienone is 4. The number of urea groups is 1. The quantitative estimate of drug-likeness (QED) is 0.819. The second-order valence-electron chi connectivity index (χ2n) is 6.38. The van der Waals surface area contributed by atoms with Gasteiger partial charge in [-0.05, 0) is 49.5 Å². The van der Waals surface area contributed by atoms with Crippen LogP contribution in [-0.4, -0.2) is 15.9 Å². The first-order valence-electron chi connectivity index (χ1n) is 8.34. The van der Waals surface area contributed by atoms with E-state index in [4.69, 9.17) is 0 Å². The number of amides is 2. The monoisotopic (exact) mass is 313 g/mol. The molecule has 1 aromatic heterocycles. The maximum atomic E-state index is 12.3. The lowest BCUT2D eigenvalue weighted by molar-refractivity contribution is 0.201. The Morgan fingerprint density at radius 2 is 2.09 bits per heavy atom. The summed E-state index contributed by atoms with van der Waals surface area (Å²) in [4.78, 5) is 18.3. The van der Waals surface area contributed by atoms with Gasteiger partial charge in [0.05, 0.1) is 0 Å². The number of hydrogen-bond acceptors (Lipinski definition) is 2. The van der Waals surface area contributed by atoms with Gasteiger partial charge in [-0.15, -0.1) is 0 Å². The molecule has 0 bridgehead atoms. The van der Waals surface area contributed by atoms with E-state index in [9.17, 15) is 4.79 Å². The summed E-state index contributed by atoms with van der Waals surface area (Å²) in [6.45, 7) is 9.80. The van der Waals surface area contributed by atoms with Crippen LogP contribution in [0.2, 0.25) is 0 Å². The van der Waals surface area contributed by atoms with Crippen LogP contribution in [-0.2, 0) is 13.1 Å². The van der Waals surface area contributed by atoms with Crippen LogP contribution < -0.4 is 5.32 Å². The topological polar surface area (TPSA) is 45.2 Å². The normalized spacial score (nSPS) is 16.3. The van der Waals surface area contributed by atoms with Crippen molar-refractivity contribution in [2.24, 2.45) is 5.92 Å². The summed E-state index contributed by atoms with van der Waals surface area (Å²) in [6, 6.07) is 1.93. The van der Waals surface area contributed by atoms with Crippen molar-refractivity contribution >= 4 is 6.03 Å². The fourth-order valence-electron chi connectivity index (χ4n) is 2.73. The predicted molar refractivity (Wildman–Crippen MR) is 93.6 cm³/mol. The van der Waals surface area contributed by atoms with Crippen LogP contribution in [0.4, 0.5) is 4.79 Å². The van der Waals surface area contributed by atoms with Gasteiger partial charge in [-0.3, -0.25) is 4.98 Å². The van der Waals surface area contributed by atoms with Crippen LogP contribution in [0.1, 0.15) is 51.7 Å². The molecule has 23 heavy (non-hydrogen) atoms. The fraction of sp³-hybridized carbons (Fsp3) is 0.474. The number of nitrogens with one attached hydrogen (secondary N) is 1. The van der Waals surface area contributed by atoms with Crippen LogP contribution >= 0.6 is 0 Å². The maximum absolute atomic E-state index is 12.3. The minimum atomic E-state index is -0.0531. The van der Waals surface area contributed by atoms with Gasteiger partial charge >= 0.3 is 6.03 Å². The lowest BCUT2D eigenvalue weighted by atomic mass is 9.97. The van der Waals surface area contributed by atoms with Crippen molar-refractivity contribution in [1.82, 2.24) is 15.2 Å². The second kappa shape index (κ2) is 7.95. The molecule has 124 valence electrons. The van der Waals surface area contributed by atoms with Gasteiger partial charge < -0.3 is 10.2 Å². The Bertz CT molecular complexity index is 594. The number of hydrogen-bond donors (Lipinski definition) is 1. The SMILES string of the molecule is CCCC(C)/C(C)=C/C=C(\C)NC(=O)N1Cc2ccncc2C1. The molecular weight excluding hydrogens is 286 g/mol. The van der Waals surface area contributed by atoms with Gasteiger partial charge in [-0.25, -0.2) is 4.79 Å². The van der Waals surface area contributed by atoms with Crippen LogP contribution in [0.15, 0.2) is 41.9 Å². The molecule has 1 aromatic rings. The van der Waals surface area contributed by atoms with Crippen molar-refractivity contribution in [3.05, 3.63) is 53.0 Å². The van der Waals surface area contributed by atoms with Gasteiger partial charge in [-0.2, -0.15) is 0 Å². The molecule has 1 aliphatic rings. The standard InChI is InChI=1S/C19H27N3O/c1-5-6-14(2)15(3)7-8-16(4)21-19(23)22-12-17-9-10-20-11-18(17)13-22/h7-11,14H,5-6,12-13H2,1-4H3,(H,21,23)/b15-7+,16-8+. The molecular formula is C19H27N3O. The van der Waals surface area contributed by atoms with Gasteiger partial charge in [0, 0.05) is 31.2 Å². The van der Waals surface area contributed by atoms with E-state index in [1.54, 1.807) is 11.1 Å². The first-order chi connectivity index (χ1) is 11.0. The third kappa shape index (κ3) is 4.68. The van der Waals surface area contributed by atoms with Gasteiger partial charge in [0.2, 0.25) is 0 Å². The van der Waals surface area contributed by atoms with Crippen molar-refractivity contribution in [2.45, 2.75) is 53.6 Å². The molecule has 0 aliphatic carbocycles. The molecule has 0 fully saturated rings. The maximum Gasteiger partial charge on any atom is 0.322 e. The van der Waals surface area contributed by atoms with Crippen LogP contribution in [0.3, 0.4) is 0 Å². The van der Waals surface area contributed by atoms with Crippen molar-refractivity contribution in [2.75, 3.05) is 0 Å². The zero-order chi connectivity index (χ0) is 16.8. The van der Waals surface area contributed by atoms with E-state index in [1.165, 1.54) is 24.0 Å². The summed E-state index contributed by atoms with van der Waals surface area (Å²) in [7, 11) is 0. The molecule has 4 nitrogen and oxygen atoms in total. The molecule has 1 unspecified atom stereocenters. The van der Waals surface area contributed by atoms with Crippen LogP contribution in [0.5, 0.6) is 0 Å². The average molecular weight is 313 g/mol. The highest BCUT2D eigenvalue weighted by atomic mass is 16.2.